The van der Waals surface area contributed by atoms with Gasteiger partial charge in [-0.3, -0.25) is 4.90 Å². The lowest BCUT2D eigenvalue weighted by Crippen LogP contribution is -2.43. The van der Waals surface area contributed by atoms with E-state index in [4.69, 9.17) is 0 Å². The van der Waals surface area contributed by atoms with E-state index in [1.165, 1.54) is 66.7 Å². The molecule has 1 aliphatic carbocycles. The SMILES string of the molecule is C=C/C=C(\C=C)Sc1ccccc1C.CCC1CCC(CC)CC1.CN1CCN(Cc2ccc(F)cc2)CC1. The largest absolute Gasteiger partial charge is 0.304 e. The van der Waals surface area contributed by atoms with Crippen LogP contribution in [-0.2, 0) is 6.54 Å². The lowest BCUT2D eigenvalue weighted by molar-refractivity contribution is 0.148. The van der Waals surface area contributed by atoms with Gasteiger partial charge >= 0.3 is 0 Å². The Kier molecular flexibility index (Phi) is 16.1. The van der Waals surface area contributed by atoms with Gasteiger partial charge in [-0.25, -0.2) is 4.39 Å². The molecule has 0 N–H and O–H groups in total. The zero-order chi connectivity index (χ0) is 28.5. The Morgan fingerprint density at radius 1 is 0.897 bits per heavy atom. The second kappa shape index (κ2) is 19.0. The number of aryl methyl sites for hydroxylation is 1. The molecule has 0 atom stereocenters. The summed E-state index contributed by atoms with van der Waals surface area (Å²) in [5.41, 5.74) is 2.48. The molecule has 0 bridgehead atoms. The maximum Gasteiger partial charge on any atom is 0.123 e. The average molecular weight is 551 g/mol. The molecular formula is C35H51FN2S. The maximum absolute atomic E-state index is 12.7. The van der Waals surface area contributed by atoms with E-state index in [9.17, 15) is 4.39 Å². The molecule has 39 heavy (non-hydrogen) atoms. The van der Waals surface area contributed by atoms with E-state index < -0.39 is 0 Å². The van der Waals surface area contributed by atoms with E-state index in [0.717, 1.165) is 49.5 Å². The van der Waals surface area contributed by atoms with Gasteiger partial charge in [-0.2, -0.15) is 0 Å². The van der Waals surface area contributed by atoms with Crippen molar-refractivity contribution in [2.75, 3.05) is 33.2 Å². The Hall–Kier alpha value is -2.14. The van der Waals surface area contributed by atoms with Gasteiger partial charge in [0.1, 0.15) is 5.82 Å². The molecule has 214 valence electrons. The highest BCUT2D eigenvalue weighted by Crippen LogP contribution is 2.32. The van der Waals surface area contributed by atoms with E-state index in [1.807, 2.05) is 36.4 Å². The van der Waals surface area contributed by atoms with Gasteiger partial charge < -0.3 is 4.90 Å². The van der Waals surface area contributed by atoms with Gasteiger partial charge in [-0.1, -0.05) is 120 Å². The summed E-state index contributed by atoms with van der Waals surface area (Å²) in [4.78, 5) is 7.13. The second-order valence-corrected chi connectivity index (χ2v) is 11.9. The number of piperazine rings is 1. The molecule has 1 saturated carbocycles. The molecule has 4 heteroatoms. The van der Waals surface area contributed by atoms with Gasteiger partial charge in [0.05, 0.1) is 0 Å². The number of nitrogens with zero attached hydrogens (tertiary/aromatic N) is 2. The third-order valence-corrected chi connectivity index (χ3v) is 9.06. The number of rotatable bonds is 8. The summed E-state index contributed by atoms with van der Waals surface area (Å²) < 4.78 is 12.7. The first kappa shape index (κ1) is 33.1. The van der Waals surface area contributed by atoms with Crippen LogP contribution in [0.4, 0.5) is 4.39 Å². The molecule has 0 aromatic heterocycles. The molecule has 0 amide bonds. The number of allylic oxidation sites excluding steroid dienone is 3. The minimum Gasteiger partial charge on any atom is -0.304 e. The lowest BCUT2D eigenvalue weighted by atomic mass is 9.80. The number of hydrogen-bond acceptors (Lipinski definition) is 3. The van der Waals surface area contributed by atoms with Crippen molar-refractivity contribution in [1.29, 1.82) is 0 Å². The molecule has 1 saturated heterocycles. The van der Waals surface area contributed by atoms with Gasteiger partial charge in [0.2, 0.25) is 0 Å². The van der Waals surface area contributed by atoms with Crippen LogP contribution in [0.3, 0.4) is 0 Å². The molecule has 0 spiro atoms. The van der Waals surface area contributed by atoms with Crippen LogP contribution in [0.5, 0.6) is 0 Å². The number of thioether (sulfide) groups is 1. The van der Waals surface area contributed by atoms with Crippen molar-refractivity contribution >= 4 is 11.8 Å². The molecule has 2 aromatic carbocycles. The highest BCUT2D eigenvalue weighted by Gasteiger charge is 2.18. The lowest BCUT2D eigenvalue weighted by Gasteiger charge is -2.32. The fourth-order valence-electron chi connectivity index (χ4n) is 4.96. The normalized spacial score (nSPS) is 20.2. The average Bonchev–Trinajstić information content (AvgIpc) is 2.97. The summed E-state index contributed by atoms with van der Waals surface area (Å²) in [6, 6.07) is 15.1. The fraction of sp³-hybridized carbons (Fsp3) is 0.486. The first-order valence-electron chi connectivity index (χ1n) is 14.7. The highest BCUT2D eigenvalue weighted by atomic mass is 32.2. The smallest absolute Gasteiger partial charge is 0.123 e. The third kappa shape index (κ3) is 13.2. The van der Waals surface area contributed by atoms with Crippen molar-refractivity contribution in [2.24, 2.45) is 11.8 Å². The molecule has 2 nitrogen and oxygen atoms in total. The number of likely N-dealkylation sites (N-methyl/N-ethyl adjacent to an activating group) is 1. The molecule has 2 fully saturated rings. The standard InChI is InChI=1S/C13H14S.C12H17FN2.C10H20/c1-4-8-12(5-2)14-13-10-7-6-9-11(13)3;1-14-6-8-15(9-7-14)10-11-2-4-12(13)5-3-11;1-3-9-5-7-10(4-2)8-6-9/h4-10H,1-2H2,3H3;2-5H,6-10H2,1H3;9-10H,3-8H2,1-2H3/b12-8+;;. The van der Waals surface area contributed by atoms with Crippen molar-refractivity contribution in [3.05, 3.63) is 102 Å². The minimum absolute atomic E-state index is 0.155. The van der Waals surface area contributed by atoms with Crippen LogP contribution in [-0.4, -0.2) is 43.0 Å². The molecular weight excluding hydrogens is 499 g/mol. The third-order valence-electron chi connectivity index (χ3n) is 7.84. The van der Waals surface area contributed by atoms with E-state index in [2.05, 4.69) is 62.9 Å². The maximum atomic E-state index is 12.7. The Balaban J connectivity index is 0.000000210. The van der Waals surface area contributed by atoms with Gasteiger partial charge in [-0.15, -0.1) is 0 Å². The monoisotopic (exact) mass is 550 g/mol. The van der Waals surface area contributed by atoms with Gasteiger partial charge in [-0.05, 0) is 61.2 Å². The van der Waals surface area contributed by atoms with Crippen LogP contribution in [0.1, 0.15) is 63.5 Å². The Morgan fingerprint density at radius 2 is 1.46 bits per heavy atom. The summed E-state index contributed by atoms with van der Waals surface area (Å²) in [7, 11) is 2.15. The Morgan fingerprint density at radius 3 is 1.95 bits per heavy atom. The molecule has 1 heterocycles. The van der Waals surface area contributed by atoms with Crippen LogP contribution in [0, 0.1) is 24.6 Å². The summed E-state index contributed by atoms with van der Waals surface area (Å²) in [6.07, 6.45) is 14.5. The molecule has 2 aromatic rings. The van der Waals surface area contributed by atoms with Gasteiger partial charge in [0, 0.05) is 42.5 Å². The van der Waals surface area contributed by atoms with E-state index >= 15 is 0 Å². The summed E-state index contributed by atoms with van der Waals surface area (Å²) in [5, 5.41) is 0. The minimum atomic E-state index is -0.155. The van der Waals surface area contributed by atoms with Crippen LogP contribution < -0.4 is 0 Å². The first-order chi connectivity index (χ1) is 18.9. The van der Waals surface area contributed by atoms with Crippen molar-refractivity contribution in [1.82, 2.24) is 9.80 Å². The van der Waals surface area contributed by atoms with Crippen molar-refractivity contribution in [3.63, 3.8) is 0 Å². The quantitative estimate of drug-likeness (QED) is 0.239. The fourth-order valence-corrected chi connectivity index (χ4v) is 5.84. The van der Waals surface area contributed by atoms with Crippen molar-refractivity contribution in [2.45, 2.75) is 70.7 Å². The number of hydrogen-bond donors (Lipinski definition) is 0. The molecule has 0 unspecified atom stereocenters. The molecule has 4 rings (SSSR count). The van der Waals surface area contributed by atoms with Crippen LogP contribution >= 0.6 is 11.8 Å². The zero-order valence-electron chi connectivity index (χ0n) is 24.9. The second-order valence-electron chi connectivity index (χ2n) is 10.8. The molecule has 2 aliphatic rings. The van der Waals surface area contributed by atoms with E-state index in [0.29, 0.717) is 0 Å². The molecule has 0 radical (unpaired) electrons. The summed E-state index contributed by atoms with van der Waals surface area (Å²) >= 11 is 1.71. The number of benzene rings is 2. The highest BCUT2D eigenvalue weighted by molar-refractivity contribution is 8.03. The van der Waals surface area contributed by atoms with E-state index in [-0.39, 0.29) is 5.82 Å². The van der Waals surface area contributed by atoms with Crippen LogP contribution in [0.25, 0.3) is 0 Å². The van der Waals surface area contributed by atoms with Gasteiger partial charge in [0.25, 0.3) is 0 Å². The Bertz CT molecular complexity index is 972. The zero-order valence-corrected chi connectivity index (χ0v) is 25.7. The first-order valence-corrected chi connectivity index (χ1v) is 15.5. The van der Waals surface area contributed by atoms with Crippen molar-refractivity contribution in [3.8, 4) is 0 Å². The Labute approximate surface area is 243 Å². The predicted molar refractivity (Wildman–Crippen MR) is 171 cm³/mol. The number of halogens is 1. The van der Waals surface area contributed by atoms with Crippen LogP contribution in [0.2, 0.25) is 0 Å². The summed E-state index contributed by atoms with van der Waals surface area (Å²) in [6.45, 7) is 19.6. The van der Waals surface area contributed by atoms with Gasteiger partial charge in [0.15, 0.2) is 0 Å². The van der Waals surface area contributed by atoms with Crippen LogP contribution in [0.15, 0.2) is 89.7 Å². The van der Waals surface area contributed by atoms with E-state index in [1.54, 1.807) is 17.8 Å². The van der Waals surface area contributed by atoms with Crippen molar-refractivity contribution < 1.29 is 4.39 Å². The summed E-state index contributed by atoms with van der Waals surface area (Å²) in [5.74, 6) is 1.99. The topological polar surface area (TPSA) is 6.48 Å². The predicted octanol–water partition coefficient (Wildman–Crippen LogP) is 9.53. The molecule has 1 aliphatic heterocycles.